The average molecular weight is 282 g/mol. The van der Waals surface area contributed by atoms with Gasteiger partial charge in [-0.3, -0.25) is 0 Å². The van der Waals surface area contributed by atoms with Crippen molar-refractivity contribution in [3.05, 3.63) is 60.7 Å². The summed E-state index contributed by atoms with van der Waals surface area (Å²) in [5, 5.41) is 0. The second-order valence-electron chi connectivity index (χ2n) is 4.80. The third kappa shape index (κ3) is 2.81. The first-order valence-electron chi connectivity index (χ1n) is 6.97. The largest absolute Gasteiger partial charge is 0.497 e. The summed E-state index contributed by atoms with van der Waals surface area (Å²) in [5.41, 5.74) is 2.04. The van der Waals surface area contributed by atoms with Gasteiger partial charge in [-0.15, -0.1) is 0 Å². The maximum absolute atomic E-state index is 5.25. The van der Waals surface area contributed by atoms with E-state index in [0.717, 1.165) is 35.9 Å². The molecular formula is C16H18N4O. The van der Waals surface area contributed by atoms with Gasteiger partial charge in [0.15, 0.2) is 0 Å². The standard InChI is InChI=1S/C16H18N4O/c1-3-16-17-7-8-19(16)10-13-11-20(12-18-13)14-5-4-6-15(9-14)21-2/h4-9,11-12H,3,10H2,1-2H3. The lowest BCUT2D eigenvalue weighted by atomic mass is 10.3. The number of benzene rings is 1. The van der Waals surface area contributed by atoms with Crippen molar-refractivity contribution in [1.29, 1.82) is 0 Å². The first-order valence-corrected chi connectivity index (χ1v) is 6.97. The highest BCUT2D eigenvalue weighted by molar-refractivity contribution is 5.39. The summed E-state index contributed by atoms with van der Waals surface area (Å²) in [6.07, 6.45) is 8.60. The van der Waals surface area contributed by atoms with Gasteiger partial charge in [0.05, 0.1) is 31.4 Å². The summed E-state index contributed by atoms with van der Waals surface area (Å²) in [5.74, 6) is 1.91. The Morgan fingerprint density at radius 1 is 1.24 bits per heavy atom. The maximum atomic E-state index is 5.25. The molecule has 0 amide bonds. The van der Waals surface area contributed by atoms with E-state index in [2.05, 4.69) is 21.5 Å². The van der Waals surface area contributed by atoms with Crippen molar-refractivity contribution in [3.8, 4) is 11.4 Å². The average Bonchev–Trinajstić information content (AvgIpc) is 3.17. The van der Waals surface area contributed by atoms with Crippen molar-refractivity contribution >= 4 is 0 Å². The number of rotatable bonds is 5. The third-order valence-electron chi connectivity index (χ3n) is 3.44. The van der Waals surface area contributed by atoms with Crippen LogP contribution in [0.3, 0.4) is 0 Å². The molecule has 0 N–H and O–H groups in total. The van der Waals surface area contributed by atoms with Gasteiger partial charge < -0.3 is 13.9 Å². The van der Waals surface area contributed by atoms with Gasteiger partial charge in [0.2, 0.25) is 0 Å². The molecule has 3 rings (SSSR count). The Labute approximate surface area is 123 Å². The van der Waals surface area contributed by atoms with E-state index in [1.165, 1.54) is 0 Å². The molecule has 1 aromatic carbocycles. The number of imidazole rings is 2. The second kappa shape index (κ2) is 5.83. The molecule has 0 saturated heterocycles. The van der Waals surface area contributed by atoms with E-state index in [0.29, 0.717) is 0 Å². The van der Waals surface area contributed by atoms with Crippen LogP contribution in [0.15, 0.2) is 49.2 Å². The van der Waals surface area contributed by atoms with Crippen LogP contribution in [0.5, 0.6) is 5.75 Å². The lowest BCUT2D eigenvalue weighted by molar-refractivity contribution is 0.414. The van der Waals surface area contributed by atoms with Crippen molar-refractivity contribution < 1.29 is 4.74 Å². The summed E-state index contributed by atoms with van der Waals surface area (Å²) in [7, 11) is 1.67. The molecule has 0 spiro atoms. The number of nitrogens with zero attached hydrogens (tertiary/aromatic N) is 4. The zero-order chi connectivity index (χ0) is 14.7. The molecule has 0 radical (unpaired) electrons. The molecule has 2 heterocycles. The SMILES string of the molecule is CCc1nccn1Cc1cn(-c2cccc(OC)c2)cn1. The van der Waals surface area contributed by atoms with E-state index in [4.69, 9.17) is 4.74 Å². The fraction of sp³-hybridized carbons (Fsp3) is 0.250. The highest BCUT2D eigenvalue weighted by atomic mass is 16.5. The third-order valence-corrected chi connectivity index (χ3v) is 3.44. The summed E-state index contributed by atoms with van der Waals surface area (Å²) < 4.78 is 9.38. The molecule has 0 aliphatic heterocycles. The van der Waals surface area contributed by atoms with Crippen LogP contribution in [0.2, 0.25) is 0 Å². The Hall–Kier alpha value is -2.56. The van der Waals surface area contributed by atoms with Crippen molar-refractivity contribution in [1.82, 2.24) is 19.1 Å². The lowest BCUT2D eigenvalue weighted by Gasteiger charge is -2.05. The second-order valence-corrected chi connectivity index (χ2v) is 4.80. The fourth-order valence-corrected chi connectivity index (χ4v) is 2.33. The van der Waals surface area contributed by atoms with Gasteiger partial charge in [0.1, 0.15) is 11.6 Å². The summed E-state index contributed by atoms with van der Waals surface area (Å²) in [4.78, 5) is 8.80. The quantitative estimate of drug-likeness (QED) is 0.722. The van der Waals surface area contributed by atoms with E-state index < -0.39 is 0 Å². The van der Waals surface area contributed by atoms with Crippen LogP contribution in [-0.2, 0) is 13.0 Å². The predicted octanol–water partition coefficient (Wildman–Crippen LogP) is 2.69. The van der Waals surface area contributed by atoms with Gasteiger partial charge >= 0.3 is 0 Å². The van der Waals surface area contributed by atoms with Crippen molar-refractivity contribution in [2.45, 2.75) is 19.9 Å². The highest BCUT2D eigenvalue weighted by Crippen LogP contribution is 2.17. The van der Waals surface area contributed by atoms with Crippen LogP contribution in [-0.4, -0.2) is 26.2 Å². The van der Waals surface area contributed by atoms with Crippen LogP contribution >= 0.6 is 0 Å². The number of aromatic nitrogens is 4. The zero-order valence-electron chi connectivity index (χ0n) is 12.2. The minimum Gasteiger partial charge on any atom is -0.497 e. The number of ether oxygens (including phenoxy) is 1. The van der Waals surface area contributed by atoms with Crippen LogP contribution in [0.4, 0.5) is 0 Å². The van der Waals surface area contributed by atoms with E-state index >= 15 is 0 Å². The first-order chi connectivity index (χ1) is 10.3. The molecule has 0 atom stereocenters. The number of hydrogen-bond donors (Lipinski definition) is 0. The van der Waals surface area contributed by atoms with Crippen LogP contribution in [0, 0.1) is 0 Å². The number of methoxy groups -OCH3 is 1. The summed E-state index contributed by atoms with van der Waals surface area (Å²) in [6.45, 7) is 2.84. The lowest BCUT2D eigenvalue weighted by Crippen LogP contribution is -2.03. The molecule has 2 aromatic heterocycles. The first kappa shape index (κ1) is 13.4. The molecule has 21 heavy (non-hydrogen) atoms. The minimum atomic E-state index is 0.736. The van der Waals surface area contributed by atoms with Gasteiger partial charge in [-0.25, -0.2) is 9.97 Å². The van der Waals surface area contributed by atoms with E-state index in [1.54, 1.807) is 7.11 Å². The minimum absolute atomic E-state index is 0.736. The Morgan fingerprint density at radius 2 is 2.14 bits per heavy atom. The fourth-order valence-electron chi connectivity index (χ4n) is 2.33. The van der Waals surface area contributed by atoms with Gasteiger partial charge in [-0.2, -0.15) is 0 Å². The normalized spacial score (nSPS) is 10.8. The van der Waals surface area contributed by atoms with Crippen molar-refractivity contribution in [2.24, 2.45) is 0 Å². The van der Waals surface area contributed by atoms with E-state index in [1.807, 2.05) is 53.8 Å². The molecule has 0 unspecified atom stereocenters. The molecule has 3 aromatic rings. The molecule has 0 aliphatic carbocycles. The number of aryl methyl sites for hydroxylation is 1. The molecular weight excluding hydrogens is 264 g/mol. The Balaban J connectivity index is 1.83. The van der Waals surface area contributed by atoms with Crippen molar-refractivity contribution in [3.63, 3.8) is 0 Å². The summed E-state index contributed by atoms with van der Waals surface area (Å²) in [6, 6.07) is 7.92. The predicted molar refractivity (Wildman–Crippen MR) is 80.8 cm³/mol. The van der Waals surface area contributed by atoms with Crippen molar-refractivity contribution in [2.75, 3.05) is 7.11 Å². The monoisotopic (exact) mass is 282 g/mol. The van der Waals surface area contributed by atoms with Gasteiger partial charge in [0, 0.05) is 31.1 Å². The van der Waals surface area contributed by atoms with Gasteiger partial charge in [-0.05, 0) is 12.1 Å². The van der Waals surface area contributed by atoms with E-state index in [-0.39, 0.29) is 0 Å². The molecule has 0 aliphatic rings. The molecule has 0 bridgehead atoms. The Morgan fingerprint density at radius 3 is 2.95 bits per heavy atom. The molecule has 5 heteroatoms. The van der Waals surface area contributed by atoms with Crippen LogP contribution in [0.25, 0.3) is 5.69 Å². The molecule has 108 valence electrons. The van der Waals surface area contributed by atoms with Crippen LogP contribution in [0.1, 0.15) is 18.4 Å². The Bertz CT molecular complexity index is 729. The number of hydrogen-bond acceptors (Lipinski definition) is 3. The van der Waals surface area contributed by atoms with Crippen LogP contribution < -0.4 is 4.74 Å². The zero-order valence-corrected chi connectivity index (χ0v) is 12.2. The van der Waals surface area contributed by atoms with Gasteiger partial charge in [-0.1, -0.05) is 13.0 Å². The highest BCUT2D eigenvalue weighted by Gasteiger charge is 2.05. The smallest absolute Gasteiger partial charge is 0.120 e. The summed E-state index contributed by atoms with van der Waals surface area (Å²) >= 11 is 0. The van der Waals surface area contributed by atoms with E-state index in [9.17, 15) is 0 Å². The molecule has 0 fully saturated rings. The Kier molecular flexibility index (Phi) is 3.73. The molecule has 5 nitrogen and oxygen atoms in total. The molecule has 0 saturated carbocycles. The maximum Gasteiger partial charge on any atom is 0.120 e. The topological polar surface area (TPSA) is 44.9 Å². The van der Waals surface area contributed by atoms with Gasteiger partial charge in [0.25, 0.3) is 0 Å².